The van der Waals surface area contributed by atoms with Crippen molar-refractivity contribution in [2.75, 3.05) is 6.61 Å². The molecule has 3 aliphatic rings. The Labute approximate surface area is 198 Å². The summed E-state index contributed by atoms with van der Waals surface area (Å²) in [6, 6.07) is 17.0. The van der Waals surface area contributed by atoms with Gasteiger partial charge in [-0.2, -0.15) is 5.10 Å². The lowest BCUT2D eigenvalue weighted by Gasteiger charge is -2.36. The number of halogens is 1. The number of hydrazine groups is 1. The highest BCUT2D eigenvalue weighted by molar-refractivity contribution is 8.13. The van der Waals surface area contributed by atoms with E-state index < -0.39 is 0 Å². The van der Waals surface area contributed by atoms with Crippen LogP contribution in [0.1, 0.15) is 43.4 Å². The Morgan fingerprint density at radius 1 is 1.19 bits per heavy atom. The number of rotatable bonds is 7. The molecule has 0 radical (unpaired) electrons. The van der Waals surface area contributed by atoms with Gasteiger partial charge >= 0.3 is 0 Å². The molecule has 2 aromatic carbocycles. The monoisotopic (exact) mass is 469 g/mol. The van der Waals surface area contributed by atoms with Crippen molar-refractivity contribution in [3.8, 4) is 5.75 Å². The maximum absolute atomic E-state index is 6.12. The number of hydrogen-bond donors (Lipinski definition) is 2. The molecule has 6 nitrogen and oxygen atoms in total. The van der Waals surface area contributed by atoms with Crippen molar-refractivity contribution < 1.29 is 4.74 Å². The molecule has 0 spiro atoms. The molecule has 0 saturated carbocycles. The summed E-state index contributed by atoms with van der Waals surface area (Å²) in [4.78, 5) is 2.24. The summed E-state index contributed by atoms with van der Waals surface area (Å²) in [5.41, 5.74) is 9.46. The Kier molecular flexibility index (Phi) is 6.48. The number of ether oxygens (including phenoxy) is 1. The van der Waals surface area contributed by atoms with Gasteiger partial charge in [0.2, 0.25) is 0 Å². The average molecular weight is 470 g/mol. The van der Waals surface area contributed by atoms with Crippen LogP contribution >= 0.6 is 23.4 Å². The molecule has 32 heavy (non-hydrogen) atoms. The van der Waals surface area contributed by atoms with Crippen molar-refractivity contribution in [3.05, 3.63) is 77.1 Å². The third-order valence-electron chi connectivity index (χ3n) is 6.01. The van der Waals surface area contributed by atoms with Gasteiger partial charge in [-0.1, -0.05) is 61.0 Å². The van der Waals surface area contributed by atoms with E-state index >= 15 is 0 Å². The molecule has 3 heterocycles. The number of hydrazone groups is 1. The summed E-state index contributed by atoms with van der Waals surface area (Å²) in [6.45, 7) is 2.95. The number of nitrogens with zero attached hydrogens (tertiary/aromatic N) is 3. The van der Waals surface area contributed by atoms with E-state index in [1.54, 1.807) is 11.8 Å². The van der Waals surface area contributed by atoms with E-state index in [1.807, 2.05) is 18.2 Å². The van der Waals surface area contributed by atoms with Crippen molar-refractivity contribution in [3.63, 3.8) is 0 Å². The second-order valence-corrected chi connectivity index (χ2v) is 9.63. The number of fused-ring (bicyclic) bond motifs is 3. The van der Waals surface area contributed by atoms with Gasteiger partial charge in [-0.15, -0.1) is 0 Å². The van der Waals surface area contributed by atoms with Crippen molar-refractivity contribution in [1.29, 1.82) is 0 Å². The zero-order valence-electron chi connectivity index (χ0n) is 18.1. The molecule has 3 aliphatic heterocycles. The van der Waals surface area contributed by atoms with Crippen LogP contribution in [0.25, 0.3) is 0 Å². The first-order chi connectivity index (χ1) is 15.7. The number of nitrogens with one attached hydrogen (secondary N) is 2. The smallest absolute Gasteiger partial charge is 0.189 e. The standard InChI is InChI=1S/C24H28ClN5OS/c1-2-3-13-31-20-9-7-18(8-10-20)21-15-22-23-26-27-24(29(23)11-12-30(22)28-21)32-16-17-5-4-6-19(25)14-17/h4-12,14,21-23,26,28H,2-3,13,15-16H2,1H3. The van der Waals surface area contributed by atoms with Crippen LogP contribution in [0.4, 0.5) is 0 Å². The molecule has 2 N–H and O–H groups in total. The molecule has 0 bridgehead atoms. The summed E-state index contributed by atoms with van der Waals surface area (Å²) < 4.78 is 5.81. The topological polar surface area (TPSA) is 52.1 Å². The predicted molar refractivity (Wildman–Crippen MR) is 131 cm³/mol. The van der Waals surface area contributed by atoms with E-state index in [4.69, 9.17) is 16.3 Å². The van der Waals surface area contributed by atoms with Gasteiger partial charge in [0.25, 0.3) is 0 Å². The quantitative estimate of drug-likeness (QED) is 0.553. The van der Waals surface area contributed by atoms with Gasteiger partial charge in [0.15, 0.2) is 5.17 Å². The Balaban J connectivity index is 1.19. The highest BCUT2D eigenvalue weighted by Crippen LogP contribution is 2.36. The number of thioether (sulfide) groups is 1. The highest BCUT2D eigenvalue weighted by atomic mass is 35.5. The zero-order chi connectivity index (χ0) is 21.9. The minimum atomic E-state index is 0.121. The molecule has 0 aliphatic carbocycles. The third kappa shape index (κ3) is 4.56. The first kappa shape index (κ1) is 21.5. The number of hydrogen-bond acceptors (Lipinski definition) is 7. The molecular formula is C24H28ClN5OS. The fraction of sp³-hybridized carbons (Fsp3) is 0.375. The Morgan fingerprint density at radius 2 is 2.06 bits per heavy atom. The summed E-state index contributed by atoms with van der Waals surface area (Å²) >= 11 is 7.84. The molecule has 2 aromatic rings. The minimum absolute atomic E-state index is 0.121. The second kappa shape index (κ2) is 9.65. The molecule has 0 aromatic heterocycles. The van der Waals surface area contributed by atoms with Gasteiger partial charge < -0.3 is 14.6 Å². The largest absolute Gasteiger partial charge is 0.494 e. The van der Waals surface area contributed by atoms with Gasteiger partial charge in [0.05, 0.1) is 18.7 Å². The van der Waals surface area contributed by atoms with Crippen LogP contribution in [0.5, 0.6) is 5.75 Å². The van der Waals surface area contributed by atoms with Crippen LogP contribution in [0, 0.1) is 0 Å². The molecule has 3 atom stereocenters. The van der Waals surface area contributed by atoms with E-state index in [-0.39, 0.29) is 12.2 Å². The van der Waals surface area contributed by atoms with Gasteiger partial charge in [-0.3, -0.25) is 5.43 Å². The van der Waals surface area contributed by atoms with E-state index in [2.05, 4.69) is 75.5 Å². The second-order valence-electron chi connectivity index (χ2n) is 8.26. The molecular weight excluding hydrogens is 442 g/mol. The van der Waals surface area contributed by atoms with Gasteiger partial charge in [0.1, 0.15) is 11.9 Å². The lowest BCUT2D eigenvalue weighted by Crippen LogP contribution is -2.54. The van der Waals surface area contributed by atoms with E-state index in [0.29, 0.717) is 6.04 Å². The van der Waals surface area contributed by atoms with E-state index in [1.165, 1.54) is 11.1 Å². The minimum Gasteiger partial charge on any atom is -0.494 e. The maximum atomic E-state index is 6.12. The lowest BCUT2D eigenvalue weighted by atomic mass is 10.00. The van der Waals surface area contributed by atoms with Crippen LogP contribution in [-0.4, -0.2) is 33.9 Å². The van der Waals surface area contributed by atoms with Gasteiger partial charge in [-0.05, 0) is 48.2 Å². The van der Waals surface area contributed by atoms with Crippen LogP contribution in [0.3, 0.4) is 0 Å². The third-order valence-corrected chi connectivity index (χ3v) is 7.28. The van der Waals surface area contributed by atoms with Crippen molar-refractivity contribution >= 4 is 28.5 Å². The van der Waals surface area contributed by atoms with E-state index in [9.17, 15) is 0 Å². The van der Waals surface area contributed by atoms with Crippen LogP contribution in [0.15, 0.2) is 66.0 Å². The van der Waals surface area contributed by atoms with Crippen LogP contribution < -0.4 is 15.6 Å². The Hall–Kier alpha value is -2.35. The van der Waals surface area contributed by atoms with Crippen molar-refractivity contribution in [1.82, 2.24) is 20.8 Å². The molecule has 5 rings (SSSR count). The molecule has 1 fully saturated rings. The fourth-order valence-electron chi connectivity index (χ4n) is 4.27. The summed E-state index contributed by atoms with van der Waals surface area (Å²) in [5, 5.41) is 8.59. The summed E-state index contributed by atoms with van der Waals surface area (Å²) in [7, 11) is 0. The van der Waals surface area contributed by atoms with Crippen molar-refractivity contribution in [2.24, 2.45) is 5.10 Å². The molecule has 8 heteroatoms. The summed E-state index contributed by atoms with van der Waals surface area (Å²) in [5.74, 6) is 1.77. The van der Waals surface area contributed by atoms with Crippen LogP contribution in [-0.2, 0) is 5.75 Å². The van der Waals surface area contributed by atoms with E-state index in [0.717, 1.165) is 47.6 Å². The highest BCUT2D eigenvalue weighted by Gasteiger charge is 2.44. The fourth-order valence-corrected chi connectivity index (χ4v) is 5.40. The lowest BCUT2D eigenvalue weighted by molar-refractivity contribution is 0.152. The van der Waals surface area contributed by atoms with Gasteiger partial charge in [-0.25, -0.2) is 5.43 Å². The molecule has 168 valence electrons. The number of benzene rings is 2. The molecule has 1 saturated heterocycles. The van der Waals surface area contributed by atoms with Crippen LogP contribution in [0.2, 0.25) is 5.02 Å². The summed E-state index contributed by atoms with van der Waals surface area (Å²) in [6.07, 6.45) is 7.57. The zero-order valence-corrected chi connectivity index (χ0v) is 19.6. The number of unbranched alkanes of at least 4 members (excludes halogenated alkanes) is 1. The normalized spacial score (nSPS) is 23.6. The van der Waals surface area contributed by atoms with Crippen molar-refractivity contribution in [2.45, 2.75) is 50.2 Å². The first-order valence-electron chi connectivity index (χ1n) is 11.2. The average Bonchev–Trinajstić information content (AvgIpc) is 3.42. The molecule has 0 amide bonds. The Bertz CT molecular complexity index is 998. The number of amidine groups is 1. The SMILES string of the molecule is CCCCOc1ccc(C2CC3C4NN=C(SCc5cccc(Cl)c5)N4C=CN3N2)cc1. The molecule has 3 unspecified atom stereocenters. The predicted octanol–water partition coefficient (Wildman–Crippen LogP) is 5.06. The first-order valence-corrected chi connectivity index (χ1v) is 12.5. The Morgan fingerprint density at radius 3 is 2.88 bits per heavy atom. The van der Waals surface area contributed by atoms with Gasteiger partial charge in [0, 0.05) is 23.2 Å². The maximum Gasteiger partial charge on any atom is 0.189 e.